The number of unbranched alkanes of at least 4 members (excludes halogenated alkanes) is 1. The molecule has 2 unspecified atom stereocenters. The van der Waals surface area contributed by atoms with E-state index in [9.17, 15) is 4.79 Å². The molecule has 0 bridgehead atoms. The molecule has 116 valence electrons. The van der Waals surface area contributed by atoms with Gasteiger partial charge in [0.1, 0.15) is 0 Å². The molecule has 4 nitrogen and oxygen atoms in total. The van der Waals surface area contributed by atoms with Crippen LogP contribution in [0.2, 0.25) is 0 Å². The number of hydrogen-bond acceptors (Lipinski definition) is 3. The second-order valence-electron chi connectivity index (χ2n) is 6.09. The van der Waals surface area contributed by atoms with Crippen molar-refractivity contribution in [1.29, 1.82) is 0 Å². The molecule has 2 rings (SSSR count). The van der Waals surface area contributed by atoms with E-state index in [-0.39, 0.29) is 18.1 Å². The van der Waals surface area contributed by atoms with Gasteiger partial charge in [-0.05, 0) is 25.7 Å². The van der Waals surface area contributed by atoms with E-state index >= 15 is 0 Å². The molecule has 1 amide bonds. The van der Waals surface area contributed by atoms with E-state index in [1.807, 2.05) is 4.90 Å². The third kappa shape index (κ3) is 3.95. The molecule has 20 heavy (non-hydrogen) atoms. The Morgan fingerprint density at radius 2 is 2.05 bits per heavy atom. The topological polar surface area (TPSA) is 41.6 Å². The van der Waals surface area contributed by atoms with Crippen molar-refractivity contribution in [2.45, 2.75) is 83.5 Å². The lowest BCUT2D eigenvalue weighted by Gasteiger charge is -2.23. The molecule has 0 aromatic heterocycles. The molecule has 1 saturated carbocycles. The van der Waals surface area contributed by atoms with Gasteiger partial charge in [-0.15, -0.1) is 0 Å². The molecule has 0 spiro atoms. The van der Waals surface area contributed by atoms with Gasteiger partial charge in [-0.25, -0.2) is 0 Å². The fourth-order valence-electron chi connectivity index (χ4n) is 3.34. The average Bonchev–Trinajstić information content (AvgIpc) is 3.06. The van der Waals surface area contributed by atoms with E-state index in [0.29, 0.717) is 12.7 Å². The third-order valence-corrected chi connectivity index (χ3v) is 4.57. The van der Waals surface area contributed by atoms with E-state index in [0.717, 1.165) is 32.2 Å². The first-order chi connectivity index (χ1) is 9.76. The number of ether oxygens (including phenoxy) is 1. The monoisotopic (exact) mass is 282 g/mol. The molecule has 1 heterocycles. The summed E-state index contributed by atoms with van der Waals surface area (Å²) in [5.74, 6) is 0.278. The Hall–Kier alpha value is -0.610. The highest BCUT2D eigenvalue weighted by molar-refractivity contribution is 5.84. The van der Waals surface area contributed by atoms with Crippen LogP contribution in [0.25, 0.3) is 0 Å². The number of nitrogens with one attached hydrogen (secondary N) is 1. The second kappa shape index (κ2) is 7.99. The number of nitrogens with zero attached hydrogens (tertiary/aromatic N) is 1. The van der Waals surface area contributed by atoms with Crippen LogP contribution < -0.4 is 5.32 Å². The van der Waals surface area contributed by atoms with E-state index in [2.05, 4.69) is 19.2 Å². The minimum atomic E-state index is 0.0337. The summed E-state index contributed by atoms with van der Waals surface area (Å²) < 4.78 is 5.90. The molecular formula is C16H30N2O2. The standard InChI is InChI=1S/C16H30N2O2/c1-3-5-10-14-16(19)18(15(4-2)17-14)11-12-20-13-8-6-7-9-13/h13-15,17H,3-12H2,1-2H3. The van der Waals surface area contributed by atoms with Gasteiger partial charge in [-0.3, -0.25) is 10.1 Å². The Bertz CT molecular complexity index is 303. The quantitative estimate of drug-likeness (QED) is 0.744. The van der Waals surface area contributed by atoms with Crippen LogP contribution >= 0.6 is 0 Å². The largest absolute Gasteiger partial charge is 0.376 e. The molecule has 1 aliphatic carbocycles. The zero-order chi connectivity index (χ0) is 14.4. The lowest BCUT2D eigenvalue weighted by molar-refractivity contribution is -0.131. The first-order valence-corrected chi connectivity index (χ1v) is 8.44. The zero-order valence-corrected chi connectivity index (χ0v) is 13.1. The SMILES string of the molecule is CCCCC1NC(CC)N(CCOC2CCCC2)C1=O. The van der Waals surface area contributed by atoms with E-state index < -0.39 is 0 Å². The molecule has 2 aliphatic rings. The number of hydrogen-bond donors (Lipinski definition) is 1. The van der Waals surface area contributed by atoms with Crippen molar-refractivity contribution >= 4 is 5.91 Å². The summed E-state index contributed by atoms with van der Waals surface area (Å²) >= 11 is 0. The Labute approximate surface area is 123 Å². The molecule has 1 aliphatic heterocycles. The maximum absolute atomic E-state index is 12.4. The fraction of sp³-hybridized carbons (Fsp3) is 0.938. The van der Waals surface area contributed by atoms with E-state index in [1.165, 1.54) is 25.7 Å². The summed E-state index contributed by atoms with van der Waals surface area (Å²) in [5.41, 5.74) is 0. The lowest BCUT2D eigenvalue weighted by Crippen LogP contribution is -2.39. The maximum atomic E-state index is 12.4. The van der Waals surface area contributed by atoms with Gasteiger partial charge < -0.3 is 9.64 Å². The van der Waals surface area contributed by atoms with Gasteiger partial charge in [0.15, 0.2) is 0 Å². The summed E-state index contributed by atoms with van der Waals surface area (Å²) in [7, 11) is 0. The Morgan fingerprint density at radius 1 is 1.30 bits per heavy atom. The summed E-state index contributed by atoms with van der Waals surface area (Å²) in [6.07, 6.45) is 9.83. The molecule has 1 saturated heterocycles. The van der Waals surface area contributed by atoms with Crippen LogP contribution in [0.15, 0.2) is 0 Å². The molecule has 0 aromatic rings. The minimum Gasteiger partial charge on any atom is -0.376 e. The van der Waals surface area contributed by atoms with E-state index in [1.54, 1.807) is 0 Å². The number of carbonyl (C=O) groups is 1. The first kappa shape index (κ1) is 15.8. The van der Waals surface area contributed by atoms with E-state index in [4.69, 9.17) is 4.74 Å². The maximum Gasteiger partial charge on any atom is 0.241 e. The second-order valence-corrected chi connectivity index (χ2v) is 6.09. The summed E-state index contributed by atoms with van der Waals surface area (Å²) in [6, 6.07) is 0.0337. The highest BCUT2D eigenvalue weighted by Crippen LogP contribution is 2.21. The van der Waals surface area contributed by atoms with Crippen molar-refractivity contribution in [2.24, 2.45) is 0 Å². The van der Waals surface area contributed by atoms with Crippen LogP contribution in [0, 0.1) is 0 Å². The van der Waals surface area contributed by atoms with Crippen LogP contribution in [-0.4, -0.2) is 42.3 Å². The number of amides is 1. The normalized spacial score (nSPS) is 27.7. The molecule has 4 heteroatoms. The van der Waals surface area contributed by atoms with Gasteiger partial charge >= 0.3 is 0 Å². The molecule has 1 N–H and O–H groups in total. The van der Waals surface area contributed by atoms with Crippen LogP contribution in [0.4, 0.5) is 0 Å². The van der Waals surface area contributed by atoms with Gasteiger partial charge in [0, 0.05) is 6.54 Å². The average molecular weight is 282 g/mol. The van der Waals surface area contributed by atoms with Crippen LogP contribution in [0.1, 0.15) is 65.2 Å². The Kier molecular flexibility index (Phi) is 6.30. The highest BCUT2D eigenvalue weighted by Gasteiger charge is 2.36. The van der Waals surface area contributed by atoms with Crippen molar-refractivity contribution in [3.05, 3.63) is 0 Å². The molecule has 0 radical (unpaired) electrons. The Morgan fingerprint density at radius 3 is 2.70 bits per heavy atom. The van der Waals surface area contributed by atoms with Crippen LogP contribution in [-0.2, 0) is 9.53 Å². The summed E-state index contributed by atoms with van der Waals surface area (Å²) in [5, 5.41) is 3.47. The molecule has 2 atom stereocenters. The van der Waals surface area contributed by atoms with Crippen molar-refractivity contribution in [2.75, 3.05) is 13.2 Å². The van der Waals surface area contributed by atoms with Gasteiger partial charge in [0.25, 0.3) is 0 Å². The van der Waals surface area contributed by atoms with Gasteiger partial charge in [0.05, 0.1) is 24.9 Å². The van der Waals surface area contributed by atoms with Gasteiger partial charge in [-0.2, -0.15) is 0 Å². The molecule has 0 aromatic carbocycles. The van der Waals surface area contributed by atoms with Crippen molar-refractivity contribution in [1.82, 2.24) is 10.2 Å². The zero-order valence-electron chi connectivity index (χ0n) is 13.1. The summed E-state index contributed by atoms with van der Waals surface area (Å²) in [6.45, 7) is 5.74. The lowest BCUT2D eigenvalue weighted by atomic mass is 10.1. The smallest absolute Gasteiger partial charge is 0.241 e. The van der Waals surface area contributed by atoms with Crippen molar-refractivity contribution < 1.29 is 9.53 Å². The number of rotatable bonds is 8. The third-order valence-electron chi connectivity index (χ3n) is 4.57. The van der Waals surface area contributed by atoms with Crippen LogP contribution in [0.3, 0.4) is 0 Å². The molecular weight excluding hydrogens is 252 g/mol. The van der Waals surface area contributed by atoms with Crippen LogP contribution in [0.5, 0.6) is 0 Å². The first-order valence-electron chi connectivity index (χ1n) is 8.44. The molecule has 2 fully saturated rings. The fourth-order valence-corrected chi connectivity index (χ4v) is 3.34. The predicted octanol–water partition coefficient (Wildman–Crippen LogP) is 2.67. The van der Waals surface area contributed by atoms with Gasteiger partial charge in [-0.1, -0.05) is 39.5 Å². The van der Waals surface area contributed by atoms with Crippen molar-refractivity contribution in [3.63, 3.8) is 0 Å². The number of carbonyl (C=O) groups excluding carboxylic acids is 1. The minimum absolute atomic E-state index is 0.0337. The van der Waals surface area contributed by atoms with Crippen molar-refractivity contribution in [3.8, 4) is 0 Å². The predicted molar refractivity (Wildman–Crippen MR) is 80.4 cm³/mol. The Balaban J connectivity index is 1.77. The highest BCUT2D eigenvalue weighted by atomic mass is 16.5. The summed E-state index contributed by atoms with van der Waals surface area (Å²) in [4.78, 5) is 14.4. The van der Waals surface area contributed by atoms with Gasteiger partial charge in [0.2, 0.25) is 5.91 Å².